The number of likely N-dealkylation sites (N-methyl/N-ethyl adjacent to an activating group) is 1. The summed E-state index contributed by atoms with van der Waals surface area (Å²) in [6.07, 6.45) is 0. The molecule has 0 atom stereocenters. The van der Waals surface area contributed by atoms with Gasteiger partial charge in [0.25, 0.3) is 0 Å². The number of aromatic nitrogens is 2. The van der Waals surface area contributed by atoms with Gasteiger partial charge in [-0.3, -0.25) is 4.79 Å². The van der Waals surface area contributed by atoms with Gasteiger partial charge in [-0.1, -0.05) is 66.7 Å². The van der Waals surface area contributed by atoms with E-state index >= 15 is 0 Å². The first-order valence-corrected chi connectivity index (χ1v) is 13.0. The first kappa shape index (κ1) is 28.8. The van der Waals surface area contributed by atoms with Crippen LogP contribution in [-0.2, 0) is 10.2 Å². The monoisotopic (exact) mass is 519 g/mol. The molecule has 0 unspecified atom stereocenters. The normalized spacial score (nSPS) is 11.6. The minimum atomic E-state index is -0.339. The lowest BCUT2D eigenvalue weighted by Gasteiger charge is -2.23. The highest BCUT2D eigenvalue weighted by Crippen LogP contribution is 2.32. The van der Waals surface area contributed by atoms with Crippen molar-refractivity contribution in [2.45, 2.75) is 65.7 Å². The summed E-state index contributed by atoms with van der Waals surface area (Å²) in [7, 11) is 3.23. The molecule has 0 fully saturated rings. The number of hydrogen-bond donors (Lipinski definition) is 2. The predicted molar refractivity (Wildman–Crippen MR) is 154 cm³/mol. The number of methoxy groups -OCH3 is 1. The first-order chi connectivity index (χ1) is 17.8. The smallest absolute Gasteiger partial charge is 0.322 e. The highest BCUT2D eigenvalue weighted by Gasteiger charge is 2.23. The molecular weight excluding hydrogens is 478 g/mol. The highest BCUT2D eigenvalue weighted by molar-refractivity contribution is 5.97. The van der Waals surface area contributed by atoms with Crippen molar-refractivity contribution in [3.63, 3.8) is 0 Å². The number of anilines is 2. The van der Waals surface area contributed by atoms with Gasteiger partial charge in [-0.2, -0.15) is 5.10 Å². The Morgan fingerprint density at radius 1 is 0.974 bits per heavy atom. The van der Waals surface area contributed by atoms with Gasteiger partial charge in [0.05, 0.1) is 18.5 Å². The number of carbonyl (C=O) groups excluding carboxylic acids is 2. The van der Waals surface area contributed by atoms with Crippen molar-refractivity contribution in [3.8, 4) is 11.4 Å². The van der Waals surface area contributed by atoms with E-state index in [9.17, 15) is 9.59 Å². The molecule has 0 spiro atoms. The number of carbonyl (C=O) groups is 2. The summed E-state index contributed by atoms with van der Waals surface area (Å²) in [6.45, 7) is 14.5. The van der Waals surface area contributed by atoms with Crippen LogP contribution in [0.1, 0.15) is 77.1 Å². The van der Waals surface area contributed by atoms with Crippen LogP contribution in [0.4, 0.5) is 16.3 Å². The number of benzene rings is 2. The summed E-state index contributed by atoms with van der Waals surface area (Å²) in [5.74, 6) is 1.43. The third-order valence-corrected chi connectivity index (χ3v) is 6.39. The Labute approximate surface area is 226 Å². The summed E-state index contributed by atoms with van der Waals surface area (Å²) in [6, 6.07) is 15.1. The number of ether oxygens (including phenoxy) is 1. The topological polar surface area (TPSA) is 88.5 Å². The van der Waals surface area contributed by atoms with Crippen molar-refractivity contribution in [3.05, 3.63) is 65.4 Å². The van der Waals surface area contributed by atoms with E-state index in [1.165, 1.54) is 4.90 Å². The number of nitrogens with zero attached hydrogens (tertiary/aromatic N) is 3. The molecule has 3 rings (SSSR count). The predicted octanol–water partition coefficient (Wildman–Crippen LogP) is 6.53. The van der Waals surface area contributed by atoms with Crippen molar-refractivity contribution in [2.75, 3.05) is 31.3 Å². The maximum atomic E-state index is 13.1. The van der Waals surface area contributed by atoms with Crippen molar-refractivity contribution in [1.29, 1.82) is 0 Å². The van der Waals surface area contributed by atoms with Gasteiger partial charge >= 0.3 is 6.03 Å². The van der Waals surface area contributed by atoms with E-state index in [0.29, 0.717) is 5.82 Å². The van der Waals surface area contributed by atoms with E-state index in [4.69, 9.17) is 9.84 Å². The molecule has 0 saturated heterocycles. The molecule has 0 bridgehead atoms. The molecule has 1 heterocycles. The summed E-state index contributed by atoms with van der Waals surface area (Å²) in [5.41, 5.74) is 4.37. The van der Waals surface area contributed by atoms with E-state index < -0.39 is 0 Å². The zero-order chi connectivity index (χ0) is 28.2. The Morgan fingerprint density at radius 3 is 2.05 bits per heavy atom. The van der Waals surface area contributed by atoms with Gasteiger partial charge in [-0.05, 0) is 47.2 Å². The number of rotatable bonds is 8. The molecule has 3 aromatic rings. The second-order valence-electron chi connectivity index (χ2n) is 11.2. The highest BCUT2D eigenvalue weighted by atomic mass is 16.5. The summed E-state index contributed by atoms with van der Waals surface area (Å²) >= 11 is 0. The standard InChI is InChI=1S/C30H41N5O3/c1-19(2)23-11-10-12-24(20(3)4)28(23)32-29(37)34(8)18-27(36)31-26-17-25(30(5,6)7)33-35(26)21-13-15-22(38-9)16-14-21/h10-17,19-20H,18H2,1-9H3,(H,31,36)(H,32,37). The van der Waals surface area contributed by atoms with E-state index in [2.05, 4.69) is 59.1 Å². The average Bonchev–Trinajstić information content (AvgIpc) is 3.28. The van der Waals surface area contributed by atoms with Gasteiger partial charge in [0.1, 0.15) is 18.1 Å². The second kappa shape index (κ2) is 11.7. The number of amides is 3. The van der Waals surface area contributed by atoms with Crippen LogP contribution in [0.25, 0.3) is 5.69 Å². The van der Waals surface area contributed by atoms with E-state index in [1.807, 2.05) is 48.5 Å². The van der Waals surface area contributed by atoms with Crippen molar-refractivity contribution < 1.29 is 14.3 Å². The van der Waals surface area contributed by atoms with Crippen LogP contribution < -0.4 is 15.4 Å². The van der Waals surface area contributed by atoms with Gasteiger partial charge in [0.15, 0.2) is 0 Å². The fourth-order valence-corrected chi connectivity index (χ4v) is 4.12. The Kier molecular flexibility index (Phi) is 8.86. The molecule has 0 aliphatic heterocycles. The molecule has 0 saturated carbocycles. The Morgan fingerprint density at radius 2 is 1.55 bits per heavy atom. The maximum absolute atomic E-state index is 13.1. The Balaban J connectivity index is 1.79. The molecule has 8 heteroatoms. The Bertz CT molecular complexity index is 1240. The molecule has 204 valence electrons. The van der Waals surface area contributed by atoms with Crippen molar-refractivity contribution >= 4 is 23.4 Å². The summed E-state index contributed by atoms with van der Waals surface area (Å²) in [5, 5.41) is 10.8. The molecule has 8 nitrogen and oxygen atoms in total. The molecule has 38 heavy (non-hydrogen) atoms. The van der Waals surface area contributed by atoms with Gasteiger partial charge < -0.3 is 20.3 Å². The third kappa shape index (κ3) is 6.73. The van der Waals surface area contributed by atoms with E-state index in [0.717, 1.165) is 33.9 Å². The lowest BCUT2D eigenvalue weighted by atomic mass is 9.92. The minimum Gasteiger partial charge on any atom is -0.497 e. The fraction of sp³-hybridized carbons (Fsp3) is 0.433. The van der Waals surface area contributed by atoms with Gasteiger partial charge in [-0.15, -0.1) is 0 Å². The summed E-state index contributed by atoms with van der Waals surface area (Å²) in [4.78, 5) is 27.6. The van der Waals surface area contributed by atoms with E-state index in [1.54, 1.807) is 18.8 Å². The lowest BCUT2D eigenvalue weighted by Crippen LogP contribution is -2.38. The lowest BCUT2D eigenvalue weighted by molar-refractivity contribution is -0.116. The maximum Gasteiger partial charge on any atom is 0.322 e. The fourth-order valence-electron chi connectivity index (χ4n) is 4.12. The minimum absolute atomic E-state index is 0.120. The molecule has 2 aromatic carbocycles. The zero-order valence-electron chi connectivity index (χ0n) is 24.0. The SMILES string of the molecule is COc1ccc(-n2nc(C(C)(C)C)cc2NC(=O)CN(C)C(=O)Nc2c(C(C)C)cccc2C(C)C)cc1. The number of nitrogens with one attached hydrogen (secondary N) is 2. The largest absolute Gasteiger partial charge is 0.497 e. The number of para-hydroxylation sites is 1. The Hall–Kier alpha value is -3.81. The van der Waals surface area contributed by atoms with Gasteiger partial charge in [0, 0.05) is 24.2 Å². The van der Waals surface area contributed by atoms with Crippen molar-refractivity contribution in [1.82, 2.24) is 14.7 Å². The number of hydrogen-bond acceptors (Lipinski definition) is 4. The second-order valence-corrected chi connectivity index (χ2v) is 11.2. The van der Waals surface area contributed by atoms with Gasteiger partial charge in [-0.25, -0.2) is 9.48 Å². The molecule has 1 aromatic heterocycles. The summed E-state index contributed by atoms with van der Waals surface area (Å²) < 4.78 is 6.97. The van der Waals surface area contributed by atoms with Crippen molar-refractivity contribution in [2.24, 2.45) is 0 Å². The van der Waals surface area contributed by atoms with Crippen LogP contribution in [0.3, 0.4) is 0 Å². The van der Waals surface area contributed by atoms with Gasteiger partial charge in [0.2, 0.25) is 5.91 Å². The van der Waals surface area contributed by atoms with Crippen LogP contribution in [0, 0.1) is 0 Å². The molecule has 0 radical (unpaired) electrons. The quantitative estimate of drug-likeness (QED) is 0.354. The van der Waals surface area contributed by atoms with Crippen LogP contribution >= 0.6 is 0 Å². The zero-order valence-corrected chi connectivity index (χ0v) is 24.0. The van der Waals surface area contributed by atoms with Crippen LogP contribution in [0.15, 0.2) is 48.5 Å². The molecule has 0 aliphatic carbocycles. The van der Waals surface area contributed by atoms with Crippen LogP contribution in [0.5, 0.6) is 5.75 Å². The number of urea groups is 1. The van der Waals surface area contributed by atoms with Crippen LogP contribution in [-0.4, -0.2) is 47.3 Å². The average molecular weight is 520 g/mol. The first-order valence-electron chi connectivity index (χ1n) is 13.0. The molecule has 0 aliphatic rings. The van der Waals surface area contributed by atoms with E-state index in [-0.39, 0.29) is 35.7 Å². The van der Waals surface area contributed by atoms with Crippen LogP contribution in [0.2, 0.25) is 0 Å². The molecule has 3 amide bonds. The third-order valence-electron chi connectivity index (χ3n) is 6.39. The molecular formula is C30H41N5O3. The molecule has 2 N–H and O–H groups in total.